The van der Waals surface area contributed by atoms with Crippen LogP contribution in [0.15, 0.2) is 66.7 Å². The Morgan fingerprint density at radius 1 is 0.867 bits per heavy atom. The van der Waals surface area contributed by atoms with E-state index in [9.17, 15) is 18.8 Å². The lowest BCUT2D eigenvalue weighted by Crippen LogP contribution is -2.25. The van der Waals surface area contributed by atoms with Crippen molar-refractivity contribution in [2.24, 2.45) is 0 Å². The van der Waals surface area contributed by atoms with Crippen molar-refractivity contribution < 1.29 is 23.5 Å². The zero-order valence-corrected chi connectivity index (χ0v) is 15.6. The summed E-state index contributed by atoms with van der Waals surface area (Å²) in [7, 11) is 0. The Morgan fingerprint density at radius 3 is 2.27 bits per heavy atom. The Morgan fingerprint density at radius 2 is 1.53 bits per heavy atom. The number of ether oxygens (including phenoxy) is 1. The smallest absolute Gasteiger partial charge is 0.262 e. The standard InChI is InChI=1S/C22H16FN3O4/c23-15-4-2-6-17(11-15)25-21(28)13-3-1-5-16(9-13)24-22(29)14-7-8-18-19(10-14)30-12-20(27)26-18/h1-11H,12H2,(H,24,29)(H,25,28)(H,26,27). The van der Waals surface area contributed by atoms with Gasteiger partial charge in [-0.25, -0.2) is 4.39 Å². The Labute approximate surface area is 170 Å². The highest BCUT2D eigenvalue weighted by Gasteiger charge is 2.18. The summed E-state index contributed by atoms with van der Waals surface area (Å²) in [5.41, 5.74) is 1.88. The van der Waals surface area contributed by atoms with Crippen molar-refractivity contribution in [3.05, 3.63) is 83.7 Å². The minimum Gasteiger partial charge on any atom is -0.482 e. The van der Waals surface area contributed by atoms with Crippen molar-refractivity contribution in [3.63, 3.8) is 0 Å². The van der Waals surface area contributed by atoms with Gasteiger partial charge < -0.3 is 20.7 Å². The fraction of sp³-hybridized carbons (Fsp3) is 0.0455. The molecule has 1 aliphatic rings. The van der Waals surface area contributed by atoms with Gasteiger partial charge in [-0.1, -0.05) is 12.1 Å². The minimum absolute atomic E-state index is 0.111. The molecule has 3 aromatic carbocycles. The Bertz CT molecular complexity index is 1160. The van der Waals surface area contributed by atoms with Gasteiger partial charge in [-0.15, -0.1) is 0 Å². The van der Waals surface area contributed by atoms with Crippen molar-refractivity contribution in [1.29, 1.82) is 0 Å². The van der Waals surface area contributed by atoms with E-state index >= 15 is 0 Å². The molecule has 1 heterocycles. The number of benzene rings is 3. The molecule has 0 atom stereocenters. The Balaban J connectivity index is 1.47. The molecule has 0 saturated carbocycles. The molecule has 1 aliphatic heterocycles. The third kappa shape index (κ3) is 4.27. The highest BCUT2D eigenvalue weighted by molar-refractivity contribution is 6.08. The maximum atomic E-state index is 13.3. The highest BCUT2D eigenvalue weighted by atomic mass is 19.1. The van der Waals surface area contributed by atoms with Crippen LogP contribution in [0, 0.1) is 5.82 Å². The predicted octanol–water partition coefficient (Wildman–Crippen LogP) is 3.66. The number of nitrogens with one attached hydrogen (secondary N) is 3. The van der Waals surface area contributed by atoms with Gasteiger partial charge in [0, 0.05) is 22.5 Å². The van der Waals surface area contributed by atoms with Crippen LogP contribution in [0.4, 0.5) is 21.5 Å². The van der Waals surface area contributed by atoms with Crippen LogP contribution >= 0.6 is 0 Å². The maximum absolute atomic E-state index is 13.3. The van der Waals surface area contributed by atoms with Crippen molar-refractivity contribution in [1.82, 2.24) is 0 Å². The van der Waals surface area contributed by atoms with E-state index in [1.54, 1.807) is 36.4 Å². The fourth-order valence-electron chi connectivity index (χ4n) is 2.93. The van der Waals surface area contributed by atoms with Crippen LogP contribution < -0.4 is 20.7 Å². The fourth-order valence-corrected chi connectivity index (χ4v) is 2.93. The third-order valence-corrected chi connectivity index (χ3v) is 4.34. The predicted molar refractivity (Wildman–Crippen MR) is 109 cm³/mol. The van der Waals surface area contributed by atoms with Crippen LogP contribution in [0.3, 0.4) is 0 Å². The van der Waals surface area contributed by atoms with E-state index in [1.807, 2.05) is 0 Å². The second-order valence-corrected chi connectivity index (χ2v) is 6.55. The molecule has 3 aromatic rings. The Hall–Kier alpha value is -4.20. The molecule has 0 bridgehead atoms. The van der Waals surface area contributed by atoms with Crippen LogP contribution in [-0.4, -0.2) is 24.3 Å². The molecule has 8 heteroatoms. The first-order valence-corrected chi connectivity index (χ1v) is 9.03. The molecule has 3 N–H and O–H groups in total. The zero-order chi connectivity index (χ0) is 21.1. The molecular formula is C22H16FN3O4. The maximum Gasteiger partial charge on any atom is 0.262 e. The highest BCUT2D eigenvalue weighted by Crippen LogP contribution is 2.29. The molecule has 150 valence electrons. The largest absolute Gasteiger partial charge is 0.482 e. The monoisotopic (exact) mass is 405 g/mol. The number of amides is 3. The van der Waals surface area contributed by atoms with Crippen LogP contribution in [0.1, 0.15) is 20.7 Å². The lowest BCUT2D eigenvalue weighted by Gasteiger charge is -2.18. The van der Waals surface area contributed by atoms with Crippen LogP contribution in [-0.2, 0) is 4.79 Å². The van der Waals surface area contributed by atoms with Crippen LogP contribution in [0.25, 0.3) is 0 Å². The van der Waals surface area contributed by atoms with Gasteiger partial charge in [0.2, 0.25) is 0 Å². The summed E-state index contributed by atoms with van der Waals surface area (Å²) in [5.74, 6) is -1.14. The van der Waals surface area contributed by atoms with E-state index in [4.69, 9.17) is 4.74 Å². The lowest BCUT2D eigenvalue weighted by molar-refractivity contribution is -0.118. The summed E-state index contributed by atoms with van der Waals surface area (Å²) in [6.45, 7) is -0.111. The second-order valence-electron chi connectivity index (χ2n) is 6.55. The van der Waals surface area contributed by atoms with Gasteiger partial charge >= 0.3 is 0 Å². The summed E-state index contributed by atoms with van der Waals surface area (Å²) in [6, 6.07) is 16.6. The molecule has 0 unspecified atom stereocenters. The van der Waals surface area contributed by atoms with Gasteiger partial charge in [0.25, 0.3) is 17.7 Å². The molecule has 3 amide bonds. The van der Waals surface area contributed by atoms with Crippen molar-refractivity contribution in [2.45, 2.75) is 0 Å². The van der Waals surface area contributed by atoms with Gasteiger partial charge in [0.15, 0.2) is 6.61 Å². The van der Waals surface area contributed by atoms with Crippen LogP contribution in [0.5, 0.6) is 5.75 Å². The molecule has 0 fully saturated rings. The summed E-state index contributed by atoms with van der Waals surface area (Å²) < 4.78 is 18.6. The number of fused-ring (bicyclic) bond motifs is 1. The van der Waals surface area contributed by atoms with Gasteiger partial charge in [0.05, 0.1) is 5.69 Å². The molecule has 0 saturated heterocycles. The lowest BCUT2D eigenvalue weighted by atomic mass is 10.1. The number of halogens is 1. The summed E-state index contributed by atoms with van der Waals surface area (Å²) in [5, 5.41) is 7.98. The molecular weight excluding hydrogens is 389 g/mol. The topological polar surface area (TPSA) is 96.5 Å². The molecule has 4 rings (SSSR count). The minimum atomic E-state index is -0.456. The molecule has 7 nitrogen and oxygen atoms in total. The van der Waals surface area contributed by atoms with E-state index in [1.165, 1.54) is 30.3 Å². The van der Waals surface area contributed by atoms with E-state index < -0.39 is 17.6 Å². The average Bonchev–Trinajstić information content (AvgIpc) is 2.73. The first kappa shape index (κ1) is 19.1. The number of carbonyl (C=O) groups is 3. The SMILES string of the molecule is O=C1COc2cc(C(=O)Nc3cccc(C(=O)Nc4cccc(F)c4)c3)ccc2N1. The van der Waals surface area contributed by atoms with E-state index in [0.717, 1.165) is 0 Å². The molecule has 0 spiro atoms. The molecule has 0 aromatic heterocycles. The molecule has 30 heavy (non-hydrogen) atoms. The zero-order valence-electron chi connectivity index (χ0n) is 15.6. The van der Waals surface area contributed by atoms with Gasteiger partial charge in [0.1, 0.15) is 11.6 Å². The number of hydrogen-bond acceptors (Lipinski definition) is 4. The summed E-state index contributed by atoms with van der Waals surface area (Å²) in [4.78, 5) is 36.3. The molecule has 0 radical (unpaired) electrons. The van der Waals surface area contributed by atoms with E-state index in [0.29, 0.717) is 33.9 Å². The summed E-state index contributed by atoms with van der Waals surface area (Å²) >= 11 is 0. The van der Waals surface area contributed by atoms with Crippen LogP contribution in [0.2, 0.25) is 0 Å². The van der Waals surface area contributed by atoms with Crippen molar-refractivity contribution in [2.75, 3.05) is 22.6 Å². The molecule has 0 aliphatic carbocycles. The third-order valence-electron chi connectivity index (χ3n) is 4.34. The van der Waals surface area contributed by atoms with E-state index in [-0.39, 0.29) is 12.5 Å². The van der Waals surface area contributed by atoms with Crippen molar-refractivity contribution in [3.8, 4) is 5.75 Å². The average molecular weight is 405 g/mol. The number of rotatable bonds is 4. The van der Waals surface area contributed by atoms with Crippen molar-refractivity contribution >= 4 is 34.8 Å². The Kier molecular flexibility index (Phi) is 5.13. The number of anilines is 3. The second kappa shape index (κ2) is 8.04. The summed E-state index contributed by atoms with van der Waals surface area (Å²) in [6.07, 6.45) is 0. The first-order valence-electron chi connectivity index (χ1n) is 9.03. The van der Waals surface area contributed by atoms with E-state index in [2.05, 4.69) is 16.0 Å². The quantitative estimate of drug-likeness (QED) is 0.617. The normalized spacial score (nSPS) is 12.2. The number of hydrogen-bond donors (Lipinski definition) is 3. The first-order chi connectivity index (χ1) is 14.5. The van der Waals surface area contributed by atoms with Gasteiger partial charge in [-0.3, -0.25) is 14.4 Å². The van der Waals surface area contributed by atoms with Gasteiger partial charge in [-0.05, 0) is 54.6 Å². The van der Waals surface area contributed by atoms with Gasteiger partial charge in [-0.2, -0.15) is 0 Å². The number of carbonyl (C=O) groups excluding carboxylic acids is 3.